The topological polar surface area (TPSA) is 37.8 Å². The molecule has 0 spiro atoms. The molecule has 4 heteroatoms. The number of hydrogen-bond acceptors (Lipinski definition) is 3. The third kappa shape index (κ3) is 2.66. The Bertz CT molecular complexity index is 280. The number of rotatable bonds is 2. The number of hydrogen-bond donors (Lipinski definition) is 1. The second-order valence-corrected chi connectivity index (χ2v) is 4.13. The lowest BCUT2D eigenvalue weighted by atomic mass is 9.93. The zero-order valence-corrected chi connectivity index (χ0v) is 8.80. The van der Waals surface area contributed by atoms with E-state index in [9.17, 15) is 0 Å². The van der Waals surface area contributed by atoms with E-state index >= 15 is 0 Å². The summed E-state index contributed by atoms with van der Waals surface area (Å²) in [6, 6.07) is 3.78. The first-order chi connectivity index (χ1) is 6.84. The molecule has 2 rings (SSSR count). The average molecular weight is 212 g/mol. The number of halogens is 1. The monoisotopic (exact) mass is 211 g/mol. The SMILES string of the molecule is Clc1ccc(CC2CCNCC2)nn1. The molecule has 0 radical (unpaired) electrons. The van der Waals surface area contributed by atoms with Gasteiger partial charge in [-0.15, -0.1) is 5.10 Å². The van der Waals surface area contributed by atoms with Gasteiger partial charge in [-0.25, -0.2) is 0 Å². The van der Waals surface area contributed by atoms with E-state index in [0.717, 1.165) is 31.1 Å². The summed E-state index contributed by atoms with van der Waals surface area (Å²) in [6.45, 7) is 2.26. The summed E-state index contributed by atoms with van der Waals surface area (Å²) in [5.74, 6) is 0.756. The maximum absolute atomic E-state index is 5.67. The summed E-state index contributed by atoms with van der Waals surface area (Å²) in [4.78, 5) is 0. The number of nitrogens with zero attached hydrogens (tertiary/aromatic N) is 2. The smallest absolute Gasteiger partial charge is 0.151 e. The van der Waals surface area contributed by atoms with Crippen LogP contribution in [0, 0.1) is 5.92 Å². The second kappa shape index (κ2) is 4.71. The van der Waals surface area contributed by atoms with Gasteiger partial charge in [0, 0.05) is 0 Å². The van der Waals surface area contributed by atoms with E-state index in [1.807, 2.05) is 12.1 Å². The van der Waals surface area contributed by atoms with Crippen molar-refractivity contribution in [3.63, 3.8) is 0 Å². The third-order valence-electron chi connectivity index (χ3n) is 2.64. The van der Waals surface area contributed by atoms with Crippen LogP contribution in [0.4, 0.5) is 0 Å². The van der Waals surface area contributed by atoms with Crippen LogP contribution in [0.15, 0.2) is 12.1 Å². The fourth-order valence-electron chi connectivity index (χ4n) is 1.83. The van der Waals surface area contributed by atoms with E-state index in [2.05, 4.69) is 15.5 Å². The van der Waals surface area contributed by atoms with Gasteiger partial charge in [0.25, 0.3) is 0 Å². The summed E-state index contributed by atoms with van der Waals surface area (Å²) in [5.41, 5.74) is 1.06. The van der Waals surface area contributed by atoms with Crippen molar-refractivity contribution in [1.29, 1.82) is 0 Å². The standard InChI is InChI=1S/C10H14ClN3/c11-10-2-1-9(13-14-10)7-8-3-5-12-6-4-8/h1-2,8,12H,3-7H2. The van der Waals surface area contributed by atoms with Gasteiger partial charge >= 0.3 is 0 Å². The molecule has 0 bridgehead atoms. The lowest BCUT2D eigenvalue weighted by molar-refractivity contribution is 0.369. The summed E-state index contributed by atoms with van der Waals surface area (Å²) in [6.07, 6.45) is 3.51. The molecule has 0 aromatic carbocycles. The zero-order chi connectivity index (χ0) is 9.80. The number of aromatic nitrogens is 2. The second-order valence-electron chi connectivity index (χ2n) is 3.74. The molecule has 1 aromatic heterocycles. The molecular formula is C10H14ClN3. The molecule has 0 amide bonds. The van der Waals surface area contributed by atoms with Gasteiger partial charge in [-0.3, -0.25) is 0 Å². The third-order valence-corrected chi connectivity index (χ3v) is 2.85. The Hall–Kier alpha value is -0.670. The van der Waals surface area contributed by atoms with Crippen LogP contribution in [0.3, 0.4) is 0 Å². The van der Waals surface area contributed by atoms with Crippen LogP contribution in [-0.2, 0) is 6.42 Å². The highest BCUT2D eigenvalue weighted by Crippen LogP contribution is 2.16. The van der Waals surface area contributed by atoms with Gasteiger partial charge in [0.1, 0.15) is 0 Å². The van der Waals surface area contributed by atoms with Gasteiger partial charge in [0.2, 0.25) is 0 Å². The van der Waals surface area contributed by atoms with Crippen molar-refractivity contribution in [3.05, 3.63) is 23.0 Å². The predicted molar refractivity (Wildman–Crippen MR) is 56.3 cm³/mol. The van der Waals surface area contributed by atoms with E-state index in [0.29, 0.717) is 5.15 Å². The molecule has 2 heterocycles. The minimum atomic E-state index is 0.471. The van der Waals surface area contributed by atoms with E-state index in [1.165, 1.54) is 12.8 Å². The van der Waals surface area contributed by atoms with Crippen LogP contribution in [0.5, 0.6) is 0 Å². The molecule has 1 aromatic rings. The first-order valence-electron chi connectivity index (χ1n) is 5.03. The van der Waals surface area contributed by atoms with Crippen molar-refractivity contribution >= 4 is 11.6 Å². The van der Waals surface area contributed by atoms with Gasteiger partial charge in [0.05, 0.1) is 5.69 Å². The molecule has 1 saturated heterocycles. The fraction of sp³-hybridized carbons (Fsp3) is 0.600. The lowest BCUT2D eigenvalue weighted by Crippen LogP contribution is -2.28. The van der Waals surface area contributed by atoms with Gasteiger partial charge in [-0.1, -0.05) is 11.6 Å². The molecule has 0 saturated carbocycles. The predicted octanol–water partition coefficient (Wildman–Crippen LogP) is 1.67. The van der Waals surface area contributed by atoms with Crippen molar-refractivity contribution in [2.45, 2.75) is 19.3 Å². The van der Waals surface area contributed by atoms with Crippen molar-refractivity contribution in [2.24, 2.45) is 5.92 Å². The Labute approximate surface area is 88.9 Å². The lowest BCUT2D eigenvalue weighted by Gasteiger charge is -2.21. The molecule has 1 aliphatic heterocycles. The van der Waals surface area contributed by atoms with E-state index in [4.69, 9.17) is 11.6 Å². The van der Waals surface area contributed by atoms with Gasteiger partial charge in [0.15, 0.2) is 5.15 Å². The summed E-state index contributed by atoms with van der Waals surface area (Å²) in [5, 5.41) is 11.7. The minimum absolute atomic E-state index is 0.471. The Balaban J connectivity index is 1.92. The molecule has 1 fully saturated rings. The van der Waals surface area contributed by atoms with Gasteiger partial charge in [-0.2, -0.15) is 5.10 Å². The Morgan fingerprint density at radius 2 is 2.07 bits per heavy atom. The van der Waals surface area contributed by atoms with Crippen LogP contribution < -0.4 is 5.32 Å². The number of nitrogens with one attached hydrogen (secondary N) is 1. The Morgan fingerprint density at radius 3 is 2.71 bits per heavy atom. The molecule has 1 aliphatic rings. The van der Waals surface area contributed by atoms with Crippen LogP contribution >= 0.6 is 11.6 Å². The molecule has 0 atom stereocenters. The van der Waals surface area contributed by atoms with Crippen molar-refractivity contribution in [1.82, 2.24) is 15.5 Å². The summed E-state index contributed by atoms with van der Waals surface area (Å²) >= 11 is 5.67. The first-order valence-corrected chi connectivity index (χ1v) is 5.41. The van der Waals surface area contributed by atoms with Gasteiger partial charge in [-0.05, 0) is 50.4 Å². The quantitative estimate of drug-likeness (QED) is 0.809. The molecule has 14 heavy (non-hydrogen) atoms. The van der Waals surface area contributed by atoms with Crippen LogP contribution in [0.1, 0.15) is 18.5 Å². The summed E-state index contributed by atoms with van der Waals surface area (Å²) in [7, 11) is 0. The minimum Gasteiger partial charge on any atom is -0.317 e. The van der Waals surface area contributed by atoms with E-state index < -0.39 is 0 Å². The number of piperidine rings is 1. The fourth-order valence-corrected chi connectivity index (χ4v) is 1.93. The largest absolute Gasteiger partial charge is 0.317 e. The highest BCUT2D eigenvalue weighted by molar-refractivity contribution is 6.29. The maximum Gasteiger partial charge on any atom is 0.151 e. The molecule has 1 N–H and O–H groups in total. The summed E-state index contributed by atoms with van der Waals surface area (Å²) < 4.78 is 0. The van der Waals surface area contributed by atoms with Gasteiger partial charge < -0.3 is 5.32 Å². The highest BCUT2D eigenvalue weighted by atomic mass is 35.5. The Kier molecular flexibility index (Phi) is 3.32. The van der Waals surface area contributed by atoms with E-state index in [1.54, 1.807) is 0 Å². The van der Waals surface area contributed by atoms with Crippen LogP contribution in [-0.4, -0.2) is 23.3 Å². The maximum atomic E-state index is 5.67. The Morgan fingerprint density at radius 1 is 1.29 bits per heavy atom. The van der Waals surface area contributed by atoms with Crippen LogP contribution in [0.25, 0.3) is 0 Å². The average Bonchev–Trinajstić information content (AvgIpc) is 2.23. The molecule has 0 aliphatic carbocycles. The molecular weight excluding hydrogens is 198 g/mol. The van der Waals surface area contributed by atoms with Crippen molar-refractivity contribution in [2.75, 3.05) is 13.1 Å². The van der Waals surface area contributed by atoms with Crippen molar-refractivity contribution in [3.8, 4) is 0 Å². The molecule has 76 valence electrons. The molecule has 3 nitrogen and oxygen atoms in total. The zero-order valence-electron chi connectivity index (χ0n) is 8.04. The normalized spacial score (nSPS) is 18.4. The van der Waals surface area contributed by atoms with Crippen LogP contribution in [0.2, 0.25) is 5.15 Å². The highest BCUT2D eigenvalue weighted by Gasteiger charge is 2.14. The van der Waals surface area contributed by atoms with E-state index in [-0.39, 0.29) is 0 Å². The molecule has 0 unspecified atom stereocenters. The van der Waals surface area contributed by atoms with Crippen molar-refractivity contribution < 1.29 is 0 Å². The first kappa shape index (κ1) is 9.87.